The number of hydrogen-bond acceptors (Lipinski definition) is 2. The molecule has 1 aliphatic rings. The molecule has 0 aromatic heterocycles. The van der Waals surface area contributed by atoms with Gasteiger partial charge in [0.2, 0.25) is 0 Å². The highest BCUT2D eigenvalue weighted by Gasteiger charge is 2.13. The molecule has 4 nitrogen and oxygen atoms in total. The van der Waals surface area contributed by atoms with Crippen molar-refractivity contribution in [3.05, 3.63) is 34.3 Å². The summed E-state index contributed by atoms with van der Waals surface area (Å²) in [5.41, 5.74) is 1.23. The number of thiocarbonyl (C=S) groups is 1. The standard InChI is InChI=1S/C16H24BrN3OS/c1-13(14-3-5-15(17)6-4-14)19-16(22)18-7-2-8-20-9-11-21-12-10-20/h3-6,13H,2,7-12H2,1H3,(H2,18,19,22)/p+1/t13-/m1/s1. The van der Waals surface area contributed by atoms with Crippen molar-refractivity contribution in [3.63, 3.8) is 0 Å². The van der Waals surface area contributed by atoms with Gasteiger partial charge in [0.1, 0.15) is 13.1 Å². The van der Waals surface area contributed by atoms with Crippen molar-refractivity contribution in [2.24, 2.45) is 0 Å². The Morgan fingerprint density at radius 3 is 2.68 bits per heavy atom. The van der Waals surface area contributed by atoms with Crippen LogP contribution in [-0.4, -0.2) is 44.5 Å². The highest BCUT2D eigenvalue weighted by atomic mass is 79.9. The van der Waals surface area contributed by atoms with Crippen LogP contribution in [0.25, 0.3) is 0 Å². The lowest BCUT2D eigenvalue weighted by Gasteiger charge is -2.24. The number of ether oxygens (including phenoxy) is 1. The van der Waals surface area contributed by atoms with Crippen LogP contribution in [0.3, 0.4) is 0 Å². The minimum Gasteiger partial charge on any atom is -0.370 e. The molecular weight excluding hydrogens is 362 g/mol. The zero-order valence-corrected chi connectivity index (χ0v) is 15.4. The monoisotopic (exact) mass is 386 g/mol. The van der Waals surface area contributed by atoms with E-state index in [-0.39, 0.29) is 6.04 Å². The van der Waals surface area contributed by atoms with Gasteiger partial charge in [0, 0.05) is 17.4 Å². The van der Waals surface area contributed by atoms with Crippen molar-refractivity contribution in [2.75, 3.05) is 39.4 Å². The number of hydrogen-bond donors (Lipinski definition) is 3. The van der Waals surface area contributed by atoms with Crippen LogP contribution in [0.15, 0.2) is 28.7 Å². The van der Waals surface area contributed by atoms with Crippen molar-refractivity contribution in [2.45, 2.75) is 19.4 Å². The summed E-state index contributed by atoms with van der Waals surface area (Å²) in [4.78, 5) is 1.63. The SMILES string of the molecule is C[C@@H](NC(=S)NCCC[NH+]1CCOCC1)c1ccc(Br)cc1. The first-order chi connectivity index (χ1) is 10.6. The molecule has 1 aromatic rings. The molecule has 1 saturated heterocycles. The van der Waals surface area contributed by atoms with E-state index in [0.29, 0.717) is 0 Å². The van der Waals surface area contributed by atoms with E-state index in [4.69, 9.17) is 17.0 Å². The van der Waals surface area contributed by atoms with Gasteiger partial charge in [0.05, 0.1) is 25.8 Å². The van der Waals surface area contributed by atoms with E-state index in [9.17, 15) is 0 Å². The first-order valence-corrected chi connectivity index (χ1v) is 9.06. The third kappa shape index (κ3) is 6.20. The van der Waals surface area contributed by atoms with Crippen LogP contribution in [0.4, 0.5) is 0 Å². The van der Waals surface area contributed by atoms with Crippen molar-refractivity contribution in [3.8, 4) is 0 Å². The second-order valence-corrected chi connectivity index (χ2v) is 6.96. The number of quaternary nitrogens is 1. The van der Waals surface area contributed by atoms with Crippen molar-refractivity contribution >= 4 is 33.3 Å². The van der Waals surface area contributed by atoms with Crippen LogP contribution < -0.4 is 15.5 Å². The van der Waals surface area contributed by atoms with E-state index in [1.165, 1.54) is 12.1 Å². The van der Waals surface area contributed by atoms with E-state index in [1.807, 2.05) is 0 Å². The topological polar surface area (TPSA) is 37.7 Å². The van der Waals surface area contributed by atoms with Gasteiger partial charge in [-0.15, -0.1) is 0 Å². The Balaban J connectivity index is 1.61. The summed E-state index contributed by atoms with van der Waals surface area (Å²) in [7, 11) is 0. The normalized spacial score (nSPS) is 17.0. The minimum absolute atomic E-state index is 0.206. The molecule has 2 rings (SSSR count). The molecule has 1 fully saturated rings. The highest BCUT2D eigenvalue weighted by Crippen LogP contribution is 2.16. The van der Waals surface area contributed by atoms with E-state index in [1.54, 1.807) is 4.90 Å². The molecule has 0 saturated carbocycles. The van der Waals surface area contributed by atoms with E-state index in [0.717, 1.165) is 48.9 Å². The Hall–Kier alpha value is -0.690. The molecule has 22 heavy (non-hydrogen) atoms. The average Bonchev–Trinajstić information content (AvgIpc) is 2.53. The molecular formula is C16H25BrN3OS+. The molecule has 1 aromatic carbocycles. The Morgan fingerprint density at radius 2 is 2.00 bits per heavy atom. The fourth-order valence-electron chi connectivity index (χ4n) is 2.53. The summed E-state index contributed by atoms with van der Waals surface area (Å²) in [6.07, 6.45) is 1.13. The van der Waals surface area contributed by atoms with Gasteiger partial charge in [-0.3, -0.25) is 0 Å². The summed E-state index contributed by atoms with van der Waals surface area (Å²) in [5, 5.41) is 7.36. The largest absolute Gasteiger partial charge is 0.370 e. The Morgan fingerprint density at radius 1 is 1.32 bits per heavy atom. The Kier molecular flexibility index (Phi) is 7.59. The molecule has 1 heterocycles. The second-order valence-electron chi connectivity index (χ2n) is 5.64. The zero-order chi connectivity index (χ0) is 15.8. The Bertz CT molecular complexity index is 463. The van der Waals surface area contributed by atoms with Gasteiger partial charge < -0.3 is 20.3 Å². The molecule has 6 heteroatoms. The molecule has 0 amide bonds. The van der Waals surface area contributed by atoms with Gasteiger partial charge in [0.15, 0.2) is 5.11 Å². The highest BCUT2D eigenvalue weighted by molar-refractivity contribution is 9.10. The average molecular weight is 387 g/mol. The molecule has 1 aliphatic heterocycles. The summed E-state index contributed by atoms with van der Waals surface area (Å²) in [6, 6.07) is 8.51. The summed E-state index contributed by atoms with van der Waals surface area (Å²) in [5.74, 6) is 0. The number of morpholine rings is 1. The van der Waals surface area contributed by atoms with Crippen LogP contribution in [0, 0.1) is 0 Å². The van der Waals surface area contributed by atoms with E-state index in [2.05, 4.69) is 57.8 Å². The van der Waals surface area contributed by atoms with Crippen molar-refractivity contribution in [1.29, 1.82) is 0 Å². The van der Waals surface area contributed by atoms with Crippen LogP contribution in [0.5, 0.6) is 0 Å². The van der Waals surface area contributed by atoms with Crippen LogP contribution in [0.1, 0.15) is 24.9 Å². The molecule has 0 spiro atoms. The minimum atomic E-state index is 0.206. The maximum atomic E-state index is 5.37. The molecule has 0 radical (unpaired) electrons. The third-order valence-electron chi connectivity index (χ3n) is 3.91. The van der Waals surface area contributed by atoms with E-state index >= 15 is 0 Å². The molecule has 1 atom stereocenters. The molecule has 0 aliphatic carbocycles. The summed E-state index contributed by atoms with van der Waals surface area (Å²) < 4.78 is 6.46. The van der Waals surface area contributed by atoms with Crippen molar-refractivity contribution < 1.29 is 9.64 Å². The lowest BCUT2D eigenvalue weighted by atomic mass is 10.1. The lowest BCUT2D eigenvalue weighted by molar-refractivity contribution is -0.908. The molecule has 3 N–H and O–H groups in total. The fourth-order valence-corrected chi connectivity index (χ4v) is 3.08. The number of nitrogens with one attached hydrogen (secondary N) is 3. The second kappa shape index (κ2) is 9.45. The number of halogens is 1. The van der Waals surface area contributed by atoms with E-state index < -0.39 is 0 Å². The van der Waals surface area contributed by atoms with Crippen LogP contribution in [0.2, 0.25) is 0 Å². The first kappa shape index (κ1) is 17.7. The number of rotatable bonds is 6. The lowest BCUT2D eigenvalue weighted by Crippen LogP contribution is -3.14. The summed E-state index contributed by atoms with van der Waals surface area (Å²) >= 11 is 8.82. The Labute approximate surface area is 146 Å². The third-order valence-corrected chi connectivity index (χ3v) is 4.70. The maximum absolute atomic E-state index is 5.37. The van der Waals surface area contributed by atoms with Gasteiger partial charge in [-0.2, -0.15) is 0 Å². The predicted molar refractivity (Wildman–Crippen MR) is 97.3 cm³/mol. The molecule has 122 valence electrons. The number of benzene rings is 1. The first-order valence-electron chi connectivity index (χ1n) is 7.86. The molecule has 0 bridgehead atoms. The van der Waals surface area contributed by atoms with Gasteiger partial charge in [-0.25, -0.2) is 0 Å². The molecule has 0 unspecified atom stereocenters. The predicted octanol–water partition coefficient (Wildman–Crippen LogP) is 1.28. The van der Waals surface area contributed by atoms with Gasteiger partial charge in [-0.1, -0.05) is 28.1 Å². The smallest absolute Gasteiger partial charge is 0.166 e. The van der Waals surface area contributed by atoms with Gasteiger partial charge in [0.25, 0.3) is 0 Å². The summed E-state index contributed by atoms with van der Waals surface area (Å²) in [6.45, 7) is 8.27. The maximum Gasteiger partial charge on any atom is 0.166 e. The van der Waals surface area contributed by atoms with Crippen LogP contribution in [-0.2, 0) is 4.74 Å². The fraction of sp³-hybridized carbons (Fsp3) is 0.562. The van der Waals surface area contributed by atoms with Gasteiger partial charge >= 0.3 is 0 Å². The van der Waals surface area contributed by atoms with Gasteiger partial charge in [-0.05, 0) is 36.8 Å². The van der Waals surface area contributed by atoms with Crippen LogP contribution >= 0.6 is 28.1 Å². The van der Waals surface area contributed by atoms with Crippen molar-refractivity contribution in [1.82, 2.24) is 10.6 Å². The zero-order valence-electron chi connectivity index (χ0n) is 13.0. The quantitative estimate of drug-likeness (QED) is 0.508.